The number of allylic oxidation sites excluding steroid dienone is 2. The molecule has 0 unspecified atom stereocenters. The van der Waals surface area contributed by atoms with Crippen LogP contribution in [0.1, 0.15) is 24.1 Å². The molecule has 3 aliphatic rings. The first kappa shape index (κ1) is 15.8. The second-order valence-electron chi connectivity index (χ2n) is 7.08. The molecule has 0 radical (unpaired) electrons. The number of likely N-dealkylation sites (tertiary alicyclic amines) is 1. The first-order valence-corrected chi connectivity index (χ1v) is 8.75. The number of hydrogen-bond acceptors (Lipinski definition) is 5. The zero-order chi connectivity index (χ0) is 17.6. The van der Waals surface area contributed by atoms with Gasteiger partial charge in [-0.1, -0.05) is 18.2 Å². The predicted octanol–water partition coefficient (Wildman–Crippen LogP) is 1.87. The van der Waals surface area contributed by atoms with Crippen molar-refractivity contribution in [2.45, 2.75) is 19.8 Å². The topological polar surface area (TPSA) is 86.1 Å². The molecule has 1 saturated heterocycles. The van der Waals surface area contributed by atoms with Gasteiger partial charge in [0, 0.05) is 13.1 Å². The molecule has 1 saturated carbocycles. The van der Waals surface area contributed by atoms with Crippen LogP contribution in [-0.4, -0.2) is 34.8 Å². The summed E-state index contributed by atoms with van der Waals surface area (Å²) in [7, 11) is 0. The lowest BCUT2D eigenvalue weighted by atomic mass is 9.85. The molecule has 2 heterocycles. The molecular weight excluding hydrogens is 316 g/mol. The predicted molar refractivity (Wildman–Crippen MR) is 91.2 cm³/mol. The van der Waals surface area contributed by atoms with E-state index in [1.165, 1.54) is 4.90 Å². The van der Waals surface area contributed by atoms with Crippen molar-refractivity contribution in [3.8, 4) is 6.07 Å². The molecule has 4 rings (SSSR count). The lowest BCUT2D eigenvalue weighted by molar-refractivity contribution is -0.140. The standard InChI is InChI=1S/C19H20N4O2/c1-11-3-6-15(22-14(11)10-20)21-7-2-8-23-18(24)16-12-4-5-13(9-12)17(16)19(23)25/h3-6,12-13,16-17H,2,7-9H2,1H3,(H,21,22)/t12-,13-,16-,17+/m0/s1. The van der Waals surface area contributed by atoms with Crippen molar-refractivity contribution >= 4 is 17.6 Å². The molecule has 6 heteroatoms. The molecule has 0 aromatic carbocycles. The van der Waals surface area contributed by atoms with Gasteiger partial charge in [0.15, 0.2) is 0 Å². The van der Waals surface area contributed by atoms with Gasteiger partial charge in [-0.05, 0) is 43.2 Å². The molecule has 1 aromatic rings. The smallest absolute Gasteiger partial charge is 0.233 e. The summed E-state index contributed by atoms with van der Waals surface area (Å²) in [6.45, 7) is 2.88. The number of aromatic nitrogens is 1. The van der Waals surface area contributed by atoms with Crippen molar-refractivity contribution in [2.24, 2.45) is 23.7 Å². The summed E-state index contributed by atoms with van der Waals surface area (Å²) in [6, 6.07) is 5.75. The highest BCUT2D eigenvalue weighted by molar-refractivity contribution is 6.06. The first-order valence-electron chi connectivity index (χ1n) is 8.75. The third-order valence-corrected chi connectivity index (χ3v) is 5.63. The van der Waals surface area contributed by atoms with Crippen LogP contribution in [0.5, 0.6) is 0 Å². The summed E-state index contributed by atoms with van der Waals surface area (Å²) in [5.41, 5.74) is 1.25. The molecule has 2 aliphatic carbocycles. The van der Waals surface area contributed by atoms with Gasteiger partial charge >= 0.3 is 0 Å². The minimum Gasteiger partial charge on any atom is -0.370 e. The van der Waals surface area contributed by atoms with Gasteiger partial charge in [0.1, 0.15) is 17.6 Å². The Bertz CT molecular complexity index is 780. The van der Waals surface area contributed by atoms with Gasteiger partial charge < -0.3 is 5.32 Å². The number of pyridine rings is 1. The number of rotatable bonds is 5. The first-order chi connectivity index (χ1) is 12.1. The van der Waals surface area contributed by atoms with Crippen molar-refractivity contribution in [3.63, 3.8) is 0 Å². The lowest BCUT2D eigenvalue weighted by Crippen LogP contribution is -2.34. The molecule has 2 amide bonds. The SMILES string of the molecule is Cc1ccc(NCCCN2C(=O)[C@@H]3[C@H](C2=O)[C@H]2C=C[C@H]3C2)nc1C#N. The van der Waals surface area contributed by atoms with Crippen LogP contribution in [-0.2, 0) is 9.59 Å². The van der Waals surface area contributed by atoms with E-state index in [1.54, 1.807) is 0 Å². The van der Waals surface area contributed by atoms with Gasteiger partial charge in [0.2, 0.25) is 11.8 Å². The highest BCUT2D eigenvalue weighted by atomic mass is 16.2. The third-order valence-electron chi connectivity index (χ3n) is 5.63. The Morgan fingerprint density at radius 1 is 1.24 bits per heavy atom. The molecule has 1 aliphatic heterocycles. The number of amides is 2. The highest BCUT2D eigenvalue weighted by Gasteiger charge is 2.58. The molecule has 128 valence electrons. The van der Waals surface area contributed by atoms with Gasteiger partial charge in [0.25, 0.3) is 0 Å². The number of fused-ring (bicyclic) bond motifs is 5. The van der Waals surface area contributed by atoms with Crippen molar-refractivity contribution in [3.05, 3.63) is 35.5 Å². The number of nitrogens with one attached hydrogen (secondary N) is 1. The van der Waals surface area contributed by atoms with Crippen LogP contribution < -0.4 is 5.32 Å². The Kier molecular flexibility index (Phi) is 3.79. The quantitative estimate of drug-likeness (QED) is 0.504. The number of hydrogen-bond donors (Lipinski definition) is 1. The van der Waals surface area contributed by atoms with E-state index in [9.17, 15) is 9.59 Å². The maximum absolute atomic E-state index is 12.6. The van der Waals surface area contributed by atoms with E-state index in [0.29, 0.717) is 31.0 Å². The molecular formula is C19H20N4O2. The van der Waals surface area contributed by atoms with Gasteiger partial charge in [-0.15, -0.1) is 0 Å². The minimum atomic E-state index is -0.118. The number of aryl methyl sites for hydroxylation is 1. The maximum Gasteiger partial charge on any atom is 0.233 e. The Balaban J connectivity index is 1.32. The summed E-state index contributed by atoms with van der Waals surface area (Å²) in [5.74, 6) is 0.936. The average molecular weight is 336 g/mol. The van der Waals surface area contributed by atoms with Crippen LogP contribution in [0.15, 0.2) is 24.3 Å². The molecule has 1 aromatic heterocycles. The molecule has 4 atom stereocenters. The number of nitrogens with zero attached hydrogens (tertiary/aromatic N) is 3. The highest BCUT2D eigenvalue weighted by Crippen LogP contribution is 2.52. The summed E-state index contributed by atoms with van der Waals surface area (Å²) in [6.07, 6.45) is 5.84. The van der Waals surface area contributed by atoms with E-state index >= 15 is 0 Å². The van der Waals surface area contributed by atoms with Crippen LogP contribution in [0.25, 0.3) is 0 Å². The third kappa shape index (κ3) is 2.51. The zero-order valence-corrected chi connectivity index (χ0v) is 14.1. The van der Waals surface area contributed by atoms with E-state index in [0.717, 1.165) is 12.0 Å². The molecule has 1 N–H and O–H groups in total. The molecule has 2 bridgehead atoms. The molecule has 2 fully saturated rings. The Morgan fingerprint density at radius 3 is 2.56 bits per heavy atom. The monoisotopic (exact) mass is 336 g/mol. The van der Waals surface area contributed by atoms with Crippen LogP contribution in [0.2, 0.25) is 0 Å². The van der Waals surface area contributed by atoms with Gasteiger partial charge in [-0.2, -0.15) is 5.26 Å². The number of imide groups is 1. The van der Waals surface area contributed by atoms with Crippen LogP contribution in [0, 0.1) is 41.9 Å². The fourth-order valence-corrected chi connectivity index (χ4v) is 4.38. The van der Waals surface area contributed by atoms with Crippen molar-refractivity contribution in [2.75, 3.05) is 18.4 Å². The Morgan fingerprint density at radius 2 is 1.92 bits per heavy atom. The minimum absolute atomic E-state index is 0.00655. The molecule has 25 heavy (non-hydrogen) atoms. The maximum atomic E-state index is 12.6. The summed E-state index contributed by atoms with van der Waals surface area (Å²) in [4.78, 5) is 30.8. The second-order valence-corrected chi connectivity index (χ2v) is 7.08. The number of carbonyl (C=O) groups is 2. The largest absolute Gasteiger partial charge is 0.370 e. The van der Waals surface area contributed by atoms with Gasteiger partial charge in [-0.3, -0.25) is 14.5 Å². The Hall–Kier alpha value is -2.68. The van der Waals surface area contributed by atoms with Crippen LogP contribution >= 0.6 is 0 Å². The number of anilines is 1. The normalized spacial score (nSPS) is 29.2. The average Bonchev–Trinajstić information content (AvgIpc) is 3.28. The molecule has 6 nitrogen and oxygen atoms in total. The summed E-state index contributed by atoms with van der Waals surface area (Å²) in [5, 5.41) is 12.2. The molecule has 0 spiro atoms. The fourth-order valence-electron chi connectivity index (χ4n) is 4.38. The fraction of sp³-hybridized carbons (Fsp3) is 0.474. The van der Waals surface area contributed by atoms with E-state index in [1.807, 2.05) is 19.1 Å². The summed E-state index contributed by atoms with van der Waals surface area (Å²) < 4.78 is 0. The second kappa shape index (κ2) is 5.99. The number of nitriles is 1. The van der Waals surface area contributed by atoms with Crippen LogP contribution in [0.4, 0.5) is 5.82 Å². The van der Waals surface area contributed by atoms with E-state index in [4.69, 9.17) is 5.26 Å². The van der Waals surface area contributed by atoms with E-state index < -0.39 is 0 Å². The number of carbonyl (C=O) groups excluding carboxylic acids is 2. The van der Waals surface area contributed by atoms with Crippen LogP contribution in [0.3, 0.4) is 0 Å². The van der Waals surface area contributed by atoms with Crippen molar-refractivity contribution in [1.29, 1.82) is 5.26 Å². The van der Waals surface area contributed by atoms with Crippen molar-refractivity contribution in [1.82, 2.24) is 9.88 Å². The van der Waals surface area contributed by atoms with Gasteiger partial charge in [0.05, 0.1) is 11.8 Å². The van der Waals surface area contributed by atoms with E-state index in [2.05, 4.69) is 28.5 Å². The van der Waals surface area contributed by atoms with Gasteiger partial charge in [-0.25, -0.2) is 4.98 Å². The zero-order valence-electron chi connectivity index (χ0n) is 14.1. The van der Waals surface area contributed by atoms with Crippen molar-refractivity contribution < 1.29 is 9.59 Å². The lowest BCUT2D eigenvalue weighted by Gasteiger charge is -2.17. The Labute approximate surface area is 146 Å². The van der Waals surface area contributed by atoms with E-state index in [-0.39, 0.29) is 35.5 Å². The summed E-state index contributed by atoms with van der Waals surface area (Å²) >= 11 is 0.